The highest BCUT2D eigenvalue weighted by Gasteiger charge is 2.30. The van der Waals surface area contributed by atoms with Gasteiger partial charge in [-0.25, -0.2) is 0 Å². The van der Waals surface area contributed by atoms with Crippen molar-refractivity contribution < 1.29 is 14.3 Å². The monoisotopic (exact) mass is 368 g/mol. The number of likely N-dealkylation sites (tertiary alicyclic amines) is 1. The first-order chi connectivity index (χ1) is 13.1. The molecule has 0 spiro atoms. The number of carbonyl (C=O) groups excluding carboxylic acids is 2. The maximum atomic E-state index is 13.1. The molecule has 1 fully saturated rings. The molecule has 5 heteroatoms. The van der Waals surface area contributed by atoms with Crippen molar-refractivity contribution in [2.45, 2.75) is 46.0 Å². The summed E-state index contributed by atoms with van der Waals surface area (Å²) < 4.78 is 5.15. The summed E-state index contributed by atoms with van der Waals surface area (Å²) in [6.45, 7) is 5.65. The van der Waals surface area contributed by atoms with Crippen molar-refractivity contribution in [1.29, 1.82) is 0 Å². The second-order valence-electron chi connectivity index (χ2n) is 8.03. The van der Waals surface area contributed by atoms with E-state index in [1.54, 1.807) is 0 Å². The van der Waals surface area contributed by atoms with Gasteiger partial charge in [-0.05, 0) is 68.7 Å². The van der Waals surface area contributed by atoms with Crippen molar-refractivity contribution in [3.8, 4) is 0 Å². The largest absolute Gasteiger partial charge is 0.466 e. The van der Waals surface area contributed by atoms with Gasteiger partial charge >= 0.3 is 5.97 Å². The van der Waals surface area contributed by atoms with Gasteiger partial charge in [0.1, 0.15) is 0 Å². The molecule has 2 aliphatic rings. The Kier molecular flexibility index (Phi) is 4.94. The van der Waals surface area contributed by atoms with Gasteiger partial charge in [0, 0.05) is 35.2 Å². The van der Waals surface area contributed by atoms with E-state index < -0.39 is 0 Å². The molecule has 1 aromatic heterocycles. The number of ether oxygens (including phenoxy) is 1. The van der Waals surface area contributed by atoms with E-state index in [0.29, 0.717) is 31.2 Å². The van der Waals surface area contributed by atoms with Crippen LogP contribution in [0.2, 0.25) is 0 Å². The Balaban J connectivity index is 1.57. The van der Waals surface area contributed by atoms with Crippen LogP contribution in [0.25, 0.3) is 10.9 Å². The third kappa shape index (κ3) is 3.47. The highest BCUT2D eigenvalue weighted by Crippen LogP contribution is 2.32. The predicted molar refractivity (Wildman–Crippen MR) is 105 cm³/mol. The lowest BCUT2D eigenvalue weighted by Crippen LogP contribution is -2.42. The number of hydrogen-bond donors (Lipinski definition) is 1. The summed E-state index contributed by atoms with van der Waals surface area (Å²) in [5.41, 5.74) is 4.54. The molecule has 1 amide bonds. The number of nitrogens with one attached hydrogen (secondary N) is 1. The van der Waals surface area contributed by atoms with E-state index in [1.165, 1.54) is 23.1 Å². The number of aromatic amines is 1. The maximum Gasteiger partial charge on any atom is 0.310 e. The average molecular weight is 368 g/mol. The minimum Gasteiger partial charge on any atom is -0.466 e. The summed E-state index contributed by atoms with van der Waals surface area (Å²) in [6, 6.07) is 5.97. The summed E-state index contributed by atoms with van der Waals surface area (Å²) in [6.07, 6.45) is 5.01. The number of H-pyrrole nitrogens is 1. The number of rotatable bonds is 3. The van der Waals surface area contributed by atoms with Crippen LogP contribution in [0.4, 0.5) is 0 Å². The first-order valence-corrected chi connectivity index (χ1v) is 10.2. The Labute approximate surface area is 160 Å². The molecule has 2 atom stereocenters. The molecule has 1 saturated heterocycles. The van der Waals surface area contributed by atoms with Crippen LogP contribution in [0.5, 0.6) is 0 Å². The van der Waals surface area contributed by atoms with Gasteiger partial charge in [-0.1, -0.05) is 6.92 Å². The van der Waals surface area contributed by atoms with E-state index in [2.05, 4.69) is 11.9 Å². The molecule has 0 bridgehead atoms. The Morgan fingerprint density at radius 2 is 2.15 bits per heavy atom. The van der Waals surface area contributed by atoms with Crippen molar-refractivity contribution in [3.05, 3.63) is 35.0 Å². The SMILES string of the molecule is CCOC(=O)[C@H]1CCCN(C(=O)c2ccc3[nH]c4c(c3c2)C[C@@H](C)CC4)C1. The van der Waals surface area contributed by atoms with Crippen LogP contribution in [-0.4, -0.2) is 41.5 Å². The van der Waals surface area contributed by atoms with Gasteiger partial charge in [0.25, 0.3) is 5.91 Å². The highest BCUT2D eigenvalue weighted by atomic mass is 16.5. The molecule has 2 heterocycles. The normalized spacial score (nSPS) is 22.5. The minimum absolute atomic E-state index is 0.0182. The van der Waals surface area contributed by atoms with Gasteiger partial charge in [-0.2, -0.15) is 0 Å². The number of aryl methyl sites for hydroxylation is 1. The molecule has 1 aromatic carbocycles. The van der Waals surface area contributed by atoms with Gasteiger partial charge in [-0.15, -0.1) is 0 Å². The fourth-order valence-electron chi connectivity index (χ4n) is 4.52. The molecule has 1 aliphatic carbocycles. The van der Waals surface area contributed by atoms with E-state index in [1.807, 2.05) is 30.0 Å². The number of fused-ring (bicyclic) bond motifs is 3. The number of carbonyl (C=O) groups is 2. The Morgan fingerprint density at radius 1 is 1.30 bits per heavy atom. The molecular weight excluding hydrogens is 340 g/mol. The molecule has 0 radical (unpaired) electrons. The molecule has 5 nitrogen and oxygen atoms in total. The van der Waals surface area contributed by atoms with E-state index in [4.69, 9.17) is 4.74 Å². The number of piperidine rings is 1. The molecule has 1 aliphatic heterocycles. The van der Waals surface area contributed by atoms with Crippen molar-refractivity contribution in [2.24, 2.45) is 11.8 Å². The average Bonchev–Trinajstić information content (AvgIpc) is 3.05. The van der Waals surface area contributed by atoms with E-state index in [0.717, 1.165) is 31.2 Å². The van der Waals surface area contributed by atoms with Crippen molar-refractivity contribution in [2.75, 3.05) is 19.7 Å². The lowest BCUT2D eigenvalue weighted by atomic mass is 9.87. The third-order valence-corrected chi connectivity index (χ3v) is 6.01. The topological polar surface area (TPSA) is 62.4 Å². The molecule has 0 unspecified atom stereocenters. The maximum absolute atomic E-state index is 13.1. The lowest BCUT2D eigenvalue weighted by molar-refractivity contribution is -0.149. The van der Waals surface area contributed by atoms with E-state index in [-0.39, 0.29) is 17.8 Å². The number of esters is 1. The van der Waals surface area contributed by atoms with Crippen LogP contribution in [-0.2, 0) is 22.4 Å². The zero-order chi connectivity index (χ0) is 19.0. The van der Waals surface area contributed by atoms with E-state index in [9.17, 15) is 9.59 Å². The number of benzene rings is 1. The van der Waals surface area contributed by atoms with Crippen LogP contribution < -0.4 is 0 Å². The molecular formula is C22H28N2O3. The van der Waals surface area contributed by atoms with Crippen LogP contribution in [0, 0.1) is 11.8 Å². The first kappa shape index (κ1) is 18.1. The van der Waals surface area contributed by atoms with Gasteiger partial charge in [0.05, 0.1) is 12.5 Å². The van der Waals surface area contributed by atoms with Gasteiger partial charge in [0.15, 0.2) is 0 Å². The zero-order valence-corrected chi connectivity index (χ0v) is 16.2. The molecule has 27 heavy (non-hydrogen) atoms. The smallest absolute Gasteiger partial charge is 0.310 e. The lowest BCUT2D eigenvalue weighted by Gasteiger charge is -2.31. The quantitative estimate of drug-likeness (QED) is 0.840. The minimum atomic E-state index is -0.202. The van der Waals surface area contributed by atoms with Crippen molar-refractivity contribution in [3.63, 3.8) is 0 Å². The molecule has 4 rings (SSSR count). The second kappa shape index (κ2) is 7.37. The second-order valence-corrected chi connectivity index (χ2v) is 8.03. The highest BCUT2D eigenvalue weighted by molar-refractivity contribution is 5.99. The van der Waals surface area contributed by atoms with Gasteiger partial charge in [0.2, 0.25) is 0 Å². The number of nitrogens with zero attached hydrogens (tertiary/aromatic N) is 1. The summed E-state index contributed by atoms with van der Waals surface area (Å²) in [5.74, 6) is 0.319. The summed E-state index contributed by atoms with van der Waals surface area (Å²) in [4.78, 5) is 30.5. The molecule has 0 saturated carbocycles. The van der Waals surface area contributed by atoms with E-state index >= 15 is 0 Å². The number of aromatic nitrogens is 1. The van der Waals surface area contributed by atoms with Crippen LogP contribution in [0.15, 0.2) is 18.2 Å². The molecule has 144 valence electrons. The fourth-order valence-corrected chi connectivity index (χ4v) is 4.52. The van der Waals surface area contributed by atoms with Gasteiger partial charge < -0.3 is 14.6 Å². The van der Waals surface area contributed by atoms with Crippen LogP contribution in [0.3, 0.4) is 0 Å². The predicted octanol–water partition coefficient (Wildman–Crippen LogP) is 3.71. The Bertz CT molecular complexity index is 870. The summed E-state index contributed by atoms with van der Waals surface area (Å²) in [7, 11) is 0. The van der Waals surface area contributed by atoms with Gasteiger partial charge in [-0.3, -0.25) is 9.59 Å². The van der Waals surface area contributed by atoms with Crippen molar-refractivity contribution >= 4 is 22.8 Å². The molecule has 2 aromatic rings. The van der Waals surface area contributed by atoms with Crippen LogP contribution in [0.1, 0.15) is 54.7 Å². The summed E-state index contributed by atoms with van der Waals surface area (Å²) >= 11 is 0. The Hall–Kier alpha value is -2.30. The number of amides is 1. The third-order valence-electron chi connectivity index (χ3n) is 6.01. The summed E-state index contributed by atoms with van der Waals surface area (Å²) in [5, 5.41) is 1.18. The Morgan fingerprint density at radius 3 is 2.96 bits per heavy atom. The fraction of sp³-hybridized carbons (Fsp3) is 0.545. The first-order valence-electron chi connectivity index (χ1n) is 10.2. The number of hydrogen-bond acceptors (Lipinski definition) is 3. The van der Waals surface area contributed by atoms with Crippen LogP contribution >= 0.6 is 0 Å². The standard InChI is InChI=1S/C22H28N2O3/c1-3-27-22(26)16-5-4-10-24(13-16)21(25)15-7-9-20-18(12-15)17-11-14(2)6-8-19(17)23-20/h7,9,12,14,16,23H,3-6,8,10-11,13H2,1-2H3/t14-,16-/m0/s1. The van der Waals surface area contributed by atoms with Crippen molar-refractivity contribution in [1.82, 2.24) is 9.88 Å². The zero-order valence-electron chi connectivity index (χ0n) is 16.2. The molecule has 1 N–H and O–H groups in total.